The Morgan fingerprint density at radius 2 is 1.89 bits per heavy atom. The molecule has 8 rings (SSSR count). The van der Waals surface area contributed by atoms with Crippen molar-refractivity contribution in [3.05, 3.63) is 39.4 Å². The summed E-state index contributed by atoms with van der Waals surface area (Å²) < 4.78 is 29.5. The molecule has 1 N–H and O–H groups in total. The third-order valence-electron chi connectivity index (χ3n) is 11.1. The zero-order valence-electron chi connectivity index (χ0n) is 26.3. The summed E-state index contributed by atoms with van der Waals surface area (Å²) in [7, 11) is 1.52. The van der Waals surface area contributed by atoms with Crippen molar-refractivity contribution >= 4 is 29.5 Å². The fraction of sp³-hybridized carbons (Fsp3) is 0.515. The Hall–Kier alpha value is -3.99. The van der Waals surface area contributed by atoms with Gasteiger partial charge in [0.2, 0.25) is 12.6 Å². The molecule has 3 saturated heterocycles. The number of methoxy groups -OCH3 is 1. The van der Waals surface area contributed by atoms with Gasteiger partial charge in [0.1, 0.15) is 18.4 Å². The van der Waals surface area contributed by atoms with E-state index in [1.54, 1.807) is 6.92 Å². The van der Waals surface area contributed by atoms with Crippen molar-refractivity contribution in [1.82, 2.24) is 9.80 Å². The molecule has 6 heterocycles. The van der Waals surface area contributed by atoms with E-state index in [1.807, 2.05) is 13.8 Å². The van der Waals surface area contributed by atoms with Gasteiger partial charge in [-0.3, -0.25) is 19.4 Å². The van der Waals surface area contributed by atoms with Crippen LogP contribution in [-0.2, 0) is 30.2 Å². The topological polar surface area (TPSA) is 148 Å². The second kappa shape index (κ2) is 9.53. The average molecular weight is 648 g/mol. The summed E-state index contributed by atoms with van der Waals surface area (Å²) in [6.45, 7) is 9.24. The molecule has 2 aromatic rings. The van der Waals surface area contributed by atoms with E-state index in [-0.39, 0.29) is 30.8 Å². The molecule has 0 radical (unpaired) electrons. The second-order valence-corrected chi connectivity index (χ2v) is 14.4. The zero-order valence-corrected chi connectivity index (χ0v) is 27.1. The number of aromatic hydroxyl groups is 1. The van der Waals surface area contributed by atoms with Crippen LogP contribution < -0.4 is 18.9 Å². The number of ketones is 1. The van der Waals surface area contributed by atoms with Crippen LogP contribution in [0, 0.1) is 31.1 Å². The van der Waals surface area contributed by atoms with Crippen LogP contribution in [0.3, 0.4) is 0 Å². The molecule has 0 aliphatic carbocycles. The van der Waals surface area contributed by atoms with E-state index >= 15 is 0 Å². The van der Waals surface area contributed by atoms with E-state index in [9.17, 15) is 24.8 Å². The first-order valence-corrected chi connectivity index (χ1v) is 16.3. The van der Waals surface area contributed by atoms with Crippen molar-refractivity contribution in [3.8, 4) is 34.8 Å². The summed E-state index contributed by atoms with van der Waals surface area (Å²) >= 11 is 1.24. The molecule has 3 unspecified atom stereocenters. The van der Waals surface area contributed by atoms with Crippen molar-refractivity contribution in [2.45, 2.75) is 69.1 Å². The van der Waals surface area contributed by atoms with Gasteiger partial charge < -0.3 is 28.8 Å². The number of carbonyl (C=O) groups is 3. The highest BCUT2D eigenvalue weighted by Crippen LogP contribution is 2.71. The van der Waals surface area contributed by atoms with Crippen LogP contribution >= 0.6 is 11.8 Å². The number of nitrogens with zero attached hydrogens (tertiary/aromatic N) is 3. The SMILES string of the molecule is COc1c(C)cc2c(c1O)[C@@H]1C3[C@@H]4SCC(=O)C(=O)OCC(C)(c5c6c(c(C)c(OC(C)=O)c54)OCO6)N3[C@@H](C#N)C3CN1[C@@]23C. The molecular formula is C33H33N3O9S. The first-order chi connectivity index (χ1) is 21.9. The van der Waals surface area contributed by atoms with E-state index in [1.165, 1.54) is 25.8 Å². The largest absolute Gasteiger partial charge is 0.504 e. The van der Waals surface area contributed by atoms with Crippen LogP contribution in [0.25, 0.3) is 0 Å². The van der Waals surface area contributed by atoms with Crippen LogP contribution in [0.5, 0.6) is 28.7 Å². The smallest absolute Gasteiger partial charge is 0.375 e. The van der Waals surface area contributed by atoms with Gasteiger partial charge in [0.25, 0.3) is 0 Å². The van der Waals surface area contributed by atoms with Gasteiger partial charge in [-0.05, 0) is 44.9 Å². The lowest BCUT2D eigenvalue weighted by molar-refractivity contribution is -0.158. The number of carbonyl (C=O) groups excluding carboxylic acids is 3. The third kappa shape index (κ3) is 3.34. The van der Waals surface area contributed by atoms with Gasteiger partial charge in [0.15, 0.2) is 23.0 Å². The van der Waals surface area contributed by atoms with Crippen LogP contribution in [-0.4, -0.2) is 77.5 Å². The highest BCUT2D eigenvalue weighted by Gasteiger charge is 2.72. The standard InChI is InChI=1S/C33H33N3O9S/c1-13-7-16-20(25(39)26(13)41-6)23-24-30-21-22(29-28(43-12-44-29)14(2)27(21)45-15(3)37)32(4,11-42-31(40)19(38)10-46-30)36(24)18(8-34)17-9-35(23)33(16,17)5/h7,17-18,23-24,30,39H,9-12H2,1-6H3/t17?,18-,23+,24?,30+,32?,33-/m0/s1. The predicted octanol–water partition coefficient (Wildman–Crippen LogP) is 3.28. The maximum Gasteiger partial charge on any atom is 0.375 e. The second-order valence-electron chi connectivity index (χ2n) is 13.3. The quantitative estimate of drug-likeness (QED) is 0.289. The number of ether oxygens (including phenoxy) is 5. The molecule has 240 valence electrons. The van der Waals surface area contributed by atoms with Crippen LogP contribution in [0.1, 0.15) is 65.4 Å². The number of cyclic esters (lactones) is 1. The minimum absolute atomic E-state index is 0.0418. The van der Waals surface area contributed by atoms with Gasteiger partial charge >= 0.3 is 11.9 Å². The number of hydrogen-bond donors (Lipinski definition) is 1. The van der Waals surface area contributed by atoms with Crippen molar-refractivity contribution in [1.29, 1.82) is 5.26 Å². The molecule has 12 nitrogen and oxygen atoms in total. The van der Waals surface area contributed by atoms with Gasteiger partial charge in [-0.15, -0.1) is 11.8 Å². The van der Waals surface area contributed by atoms with E-state index in [2.05, 4.69) is 28.9 Å². The fourth-order valence-electron chi connectivity index (χ4n) is 9.26. The number of rotatable bonds is 2. The number of benzene rings is 2. The number of phenols is 1. The van der Waals surface area contributed by atoms with Crippen LogP contribution in [0.4, 0.5) is 0 Å². The molecule has 0 aromatic heterocycles. The molecule has 7 atom stereocenters. The Kier molecular flexibility index (Phi) is 6.09. The average Bonchev–Trinajstić information content (AvgIpc) is 3.48. The molecule has 13 heteroatoms. The van der Waals surface area contributed by atoms with Crippen molar-refractivity contribution in [2.24, 2.45) is 5.92 Å². The number of hydrogen-bond acceptors (Lipinski definition) is 13. The highest BCUT2D eigenvalue weighted by molar-refractivity contribution is 8.00. The minimum atomic E-state index is -1.25. The highest BCUT2D eigenvalue weighted by atomic mass is 32.2. The molecule has 6 aliphatic heterocycles. The van der Waals surface area contributed by atoms with Crippen molar-refractivity contribution in [3.63, 3.8) is 0 Å². The minimum Gasteiger partial charge on any atom is -0.504 e. The predicted molar refractivity (Wildman–Crippen MR) is 162 cm³/mol. The number of fused-ring (bicyclic) bond motifs is 10. The number of aryl methyl sites for hydroxylation is 1. The van der Waals surface area contributed by atoms with Gasteiger partial charge in [-0.1, -0.05) is 0 Å². The Labute approximate surface area is 269 Å². The number of thioether (sulfide) groups is 1. The van der Waals surface area contributed by atoms with Crippen LogP contribution in [0.2, 0.25) is 0 Å². The Morgan fingerprint density at radius 3 is 2.59 bits per heavy atom. The molecule has 2 aromatic carbocycles. The summed E-state index contributed by atoms with van der Waals surface area (Å²) in [5.74, 6) is -1.01. The lowest BCUT2D eigenvalue weighted by Gasteiger charge is -2.57. The van der Waals surface area contributed by atoms with Gasteiger partial charge in [0.05, 0.1) is 41.3 Å². The first-order valence-electron chi connectivity index (χ1n) is 15.2. The van der Waals surface area contributed by atoms with E-state index in [0.29, 0.717) is 51.8 Å². The molecule has 0 saturated carbocycles. The lowest BCUT2D eigenvalue weighted by atomic mass is 9.67. The third-order valence-corrected chi connectivity index (χ3v) is 12.4. The Bertz CT molecular complexity index is 1840. The zero-order chi connectivity index (χ0) is 32.6. The molecule has 0 spiro atoms. The number of phenolic OH excluding ortho intramolecular Hbond substituents is 1. The van der Waals surface area contributed by atoms with Crippen LogP contribution in [0.15, 0.2) is 6.07 Å². The maximum atomic E-state index is 13.1. The number of nitriles is 1. The molecule has 6 aliphatic rings. The lowest BCUT2D eigenvalue weighted by Crippen LogP contribution is -2.66. The van der Waals surface area contributed by atoms with Gasteiger partial charge in [-0.25, -0.2) is 4.79 Å². The molecular weight excluding hydrogens is 614 g/mol. The van der Waals surface area contributed by atoms with Crippen molar-refractivity contribution < 1.29 is 43.2 Å². The monoisotopic (exact) mass is 647 g/mol. The summed E-state index contributed by atoms with van der Waals surface area (Å²) in [6.07, 6.45) is 0. The van der Waals surface area contributed by atoms with Gasteiger partial charge in [-0.2, -0.15) is 5.26 Å². The molecule has 4 bridgehead atoms. The van der Waals surface area contributed by atoms with Gasteiger partial charge in [0, 0.05) is 47.7 Å². The molecule has 3 fully saturated rings. The first kappa shape index (κ1) is 29.4. The summed E-state index contributed by atoms with van der Waals surface area (Å²) in [5, 5.41) is 22.3. The Balaban J connectivity index is 1.50. The van der Waals surface area contributed by atoms with Crippen molar-refractivity contribution in [2.75, 3.05) is 32.8 Å². The molecule has 46 heavy (non-hydrogen) atoms. The summed E-state index contributed by atoms with van der Waals surface area (Å²) in [6, 6.07) is 3.00. The number of esters is 2. The van der Waals surface area contributed by atoms with E-state index in [4.69, 9.17) is 23.7 Å². The van der Waals surface area contributed by atoms with E-state index in [0.717, 1.165) is 11.1 Å². The Morgan fingerprint density at radius 1 is 1.15 bits per heavy atom. The number of Topliss-reactive ketones (excluding diaryl/α,β-unsaturated/α-hetero) is 1. The summed E-state index contributed by atoms with van der Waals surface area (Å²) in [4.78, 5) is 43.2. The fourth-order valence-corrected chi connectivity index (χ4v) is 10.6. The van der Waals surface area contributed by atoms with E-state index < -0.39 is 52.2 Å². The molecule has 0 amide bonds. The summed E-state index contributed by atoms with van der Waals surface area (Å²) in [5.41, 5.74) is 2.38. The normalized spacial score (nSPS) is 33.5. The maximum absolute atomic E-state index is 13.1.